The molecule has 1 N–H and O–H groups in total. The van der Waals surface area contributed by atoms with E-state index in [0.717, 1.165) is 18.1 Å². The van der Waals surface area contributed by atoms with Gasteiger partial charge < -0.3 is 10.1 Å². The summed E-state index contributed by atoms with van der Waals surface area (Å²) in [5, 5.41) is 3.48. The van der Waals surface area contributed by atoms with E-state index in [9.17, 15) is 0 Å². The molecule has 0 radical (unpaired) electrons. The molecule has 1 saturated carbocycles. The number of ether oxygens (including phenoxy) is 1. The second-order valence-corrected chi connectivity index (χ2v) is 6.17. The summed E-state index contributed by atoms with van der Waals surface area (Å²) in [6, 6.07) is 4.11. The summed E-state index contributed by atoms with van der Waals surface area (Å²) in [5.74, 6) is 0.775. The van der Waals surface area contributed by atoms with Gasteiger partial charge in [0.15, 0.2) is 0 Å². The van der Waals surface area contributed by atoms with E-state index in [4.69, 9.17) is 4.74 Å². The summed E-state index contributed by atoms with van der Waals surface area (Å²) < 4.78 is 5.80. The highest BCUT2D eigenvalue weighted by Gasteiger charge is 2.19. The maximum atomic E-state index is 5.80. The van der Waals surface area contributed by atoms with Crippen LogP contribution in [0.3, 0.4) is 0 Å². The van der Waals surface area contributed by atoms with Crippen molar-refractivity contribution in [1.82, 2.24) is 10.3 Å². The van der Waals surface area contributed by atoms with Gasteiger partial charge in [-0.3, -0.25) is 0 Å². The molecule has 100 valence electrons. The molecule has 0 spiro atoms. The molecule has 1 aliphatic rings. The van der Waals surface area contributed by atoms with E-state index in [-0.39, 0.29) is 5.54 Å². The molecule has 0 saturated heterocycles. The fourth-order valence-corrected chi connectivity index (χ4v) is 1.84. The second-order valence-electron chi connectivity index (χ2n) is 6.17. The normalized spacial score (nSPS) is 16.4. The third-order valence-corrected chi connectivity index (χ3v) is 3.32. The Hall–Kier alpha value is -1.09. The van der Waals surface area contributed by atoms with Gasteiger partial charge >= 0.3 is 0 Å². The first kappa shape index (κ1) is 13.3. The first-order valence-corrected chi connectivity index (χ1v) is 6.82. The van der Waals surface area contributed by atoms with Crippen LogP contribution >= 0.6 is 0 Å². The molecule has 1 aromatic rings. The van der Waals surface area contributed by atoms with Crippen molar-refractivity contribution < 1.29 is 4.74 Å². The van der Waals surface area contributed by atoms with Gasteiger partial charge in [0, 0.05) is 23.8 Å². The summed E-state index contributed by atoms with van der Waals surface area (Å²) in [6.07, 6.45) is 4.04. The van der Waals surface area contributed by atoms with Gasteiger partial charge in [-0.05, 0) is 52.5 Å². The Morgan fingerprint density at radius 1 is 1.33 bits per heavy atom. The maximum Gasteiger partial charge on any atom is 0.213 e. The molecular weight excluding hydrogens is 224 g/mol. The number of nitrogens with zero attached hydrogens (tertiary/aromatic N) is 1. The molecule has 1 fully saturated rings. The Bertz CT molecular complexity index is 405. The molecule has 1 aromatic heterocycles. The summed E-state index contributed by atoms with van der Waals surface area (Å²) in [6.45, 7) is 9.41. The van der Waals surface area contributed by atoms with E-state index >= 15 is 0 Å². The lowest BCUT2D eigenvalue weighted by molar-refractivity contribution is 0.114. The second kappa shape index (κ2) is 5.27. The standard InChI is InChI=1S/C15H24N2O/c1-11-12(10-16-15(2,3)4)8-9-14(17-11)18-13-6-5-7-13/h8-9,13,16H,5-7,10H2,1-4H3. The van der Waals surface area contributed by atoms with Crippen molar-refractivity contribution in [2.45, 2.75) is 65.1 Å². The minimum atomic E-state index is 0.132. The highest BCUT2D eigenvalue weighted by molar-refractivity contribution is 5.25. The van der Waals surface area contributed by atoms with Crippen LogP contribution in [-0.2, 0) is 6.54 Å². The minimum Gasteiger partial charge on any atom is -0.474 e. The number of nitrogens with one attached hydrogen (secondary N) is 1. The summed E-state index contributed by atoms with van der Waals surface area (Å²) in [7, 11) is 0. The van der Waals surface area contributed by atoms with Crippen LogP contribution in [0.15, 0.2) is 12.1 Å². The van der Waals surface area contributed by atoms with Crippen molar-refractivity contribution in [3.8, 4) is 5.88 Å². The van der Waals surface area contributed by atoms with Crippen LogP contribution in [-0.4, -0.2) is 16.6 Å². The summed E-state index contributed by atoms with van der Waals surface area (Å²) in [4.78, 5) is 4.53. The van der Waals surface area contributed by atoms with E-state index in [1.54, 1.807) is 0 Å². The Kier molecular flexibility index (Phi) is 3.91. The third-order valence-electron chi connectivity index (χ3n) is 3.32. The predicted octanol–water partition coefficient (Wildman–Crippen LogP) is 3.21. The fraction of sp³-hybridized carbons (Fsp3) is 0.667. The van der Waals surface area contributed by atoms with Gasteiger partial charge in [-0.2, -0.15) is 0 Å². The van der Waals surface area contributed by atoms with E-state index in [1.807, 2.05) is 13.0 Å². The van der Waals surface area contributed by atoms with Crippen molar-refractivity contribution in [3.05, 3.63) is 23.4 Å². The molecule has 3 heteroatoms. The molecule has 1 aliphatic carbocycles. The Morgan fingerprint density at radius 3 is 2.56 bits per heavy atom. The smallest absolute Gasteiger partial charge is 0.213 e. The van der Waals surface area contributed by atoms with Gasteiger partial charge in [-0.25, -0.2) is 4.98 Å². The first-order valence-electron chi connectivity index (χ1n) is 6.82. The molecule has 0 atom stereocenters. The molecule has 3 nitrogen and oxygen atoms in total. The van der Waals surface area contributed by atoms with Gasteiger partial charge in [-0.15, -0.1) is 0 Å². The Balaban J connectivity index is 1.96. The zero-order valence-electron chi connectivity index (χ0n) is 11.9. The lowest BCUT2D eigenvalue weighted by Gasteiger charge is -2.26. The van der Waals surface area contributed by atoms with Gasteiger partial charge in [0.1, 0.15) is 6.10 Å². The van der Waals surface area contributed by atoms with Crippen LogP contribution < -0.4 is 10.1 Å². The average molecular weight is 248 g/mol. The number of hydrogen-bond donors (Lipinski definition) is 1. The molecule has 1 heterocycles. The monoisotopic (exact) mass is 248 g/mol. The van der Waals surface area contributed by atoms with Crippen LogP contribution in [0.2, 0.25) is 0 Å². The molecule has 0 aliphatic heterocycles. The first-order chi connectivity index (χ1) is 8.44. The zero-order chi connectivity index (χ0) is 13.2. The fourth-order valence-electron chi connectivity index (χ4n) is 1.84. The summed E-state index contributed by atoms with van der Waals surface area (Å²) in [5.41, 5.74) is 2.43. The molecular formula is C15H24N2O. The number of rotatable bonds is 4. The molecule has 0 bridgehead atoms. The quantitative estimate of drug-likeness (QED) is 0.888. The lowest BCUT2D eigenvalue weighted by Crippen LogP contribution is -2.35. The van der Waals surface area contributed by atoms with Gasteiger partial charge in [0.05, 0.1) is 0 Å². The van der Waals surface area contributed by atoms with E-state index in [1.165, 1.54) is 24.8 Å². The van der Waals surface area contributed by atoms with Crippen molar-refractivity contribution in [2.75, 3.05) is 0 Å². The van der Waals surface area contributed by atoms with E-state index in [2.05, 4.69) is 37.1 Å². The van der Waals surface area contributed by atoms with Crippen molar-refractivity contribution >= 4 is 0 Å². The number of aromatic nitrogens is 1. The maximum absolute atomic E-state index is 5.80. The molecule has 18 heavy (non-hydrogen) atoms. The lowest BCUT2D eigenvalue weighted by atomic mass is 9.96. The predicted molar refractivity (Wildman–Crippen MR) is 73.8 cm³/mol. The van der Waals surface area contributed by atoms with Gasteiger partial charge in [0.2, 0.25) is 5.88 Å². The number of hydrogen-bond acceptors (Lipinski definition) is 3. The highest BCUT2D eigenvalue weighted by atomic mass is 16.5. The SMILES string of the molecule is Cc1nc(OC2CCC2)ccc1CNC(C)(C)C. The zero-order valence-corrected chi connectivity index (χ0v) is 11.9. The van der Waals surface area contributed by atoms with E-state index < -0.39 is 0 Å². The van der Waals surface area contributed by atoms with E-state index in [0.29, 0.717) is 6.10 Å². The largest absolute Gasteiger partial charge is 0.474 e. The summed E-state index contributed by atoms with van der Waals surface area (Å²) >= 11 is 0. The molecule has 0 unspecified atom stereocenters. The van der Waals surface area contributed by atoms with Gasteiger partial charge in [0.25, 0.3) is 0 Å². The highest BCUT2D eigenvalue weighted by Crippen LogP contribution is 2.24. The molecule has 0 aromatic carbocycles. The topological polar surface area (TPSA) is 34.1 Å². The van der Waals surface area contributed by atoms with Gasteiger partial charge in [-0.1, -0.05) is 6.07 Å². The van der Waals surface area contributed by atoms with Crippen molar-refractivity contribution in [3.63, 3.8) is 0 Å². The average Bonchev–Trinajstić information content (AvgIpc) is 2.21. The number of pyridine rings is 1. The Morgan fingerprint density at radius 2 is 2.06 bits per heavy atom. The van der Waals surface area contributed by atoms with Crippen molar-refractivity contribution in [1.29, 1.82) is 0 Å². The minimum absolute atomic E-state index is 0.132. The van der Waals surface area contributed by atoms with Crippen LogP contribution in [0, 0.1) is 6.92 Å². The van der Waals surface area contributed by atoms with Crippen LogP contribution in [0.25, 0.3) is 0 Å². The van der Waals surface area contributed by atoms with Crippen LogP contribution in [0.4, 0.5) is 0 Å². The number of aryl methyl sites for hydroxylation is 1. The van der Waals surface area contributed by atoms with Crippen LogP contribution in [0.5, 0.6) is 5.88 Å². The molecule has 0 amide bonds. The third kappa shape index (κ3) is 3.70. The molecule has 2 rings (SSSR count). The Labute approximate surface area is 110 Å². The van der Waals surface area contributed by atoms with Crippen LogP contribution in [0.1, 0.15) is 51.3 Å². The van der Waals surface area contributed by atoms with Crippen molar-refractivity contribution in [2.24, 2.45) is 0 Å².